The SMILES string of the molecule is CCCCN1C(=O)NC(c2cccc(NC(=O)c3ccc4ccccc4c3)c2)C(C(=O)OC(C)C)=C1C. The monoisotopic (exact) mass is 499 g/mol. The Morgan fingerprint density at radius 1 is 1.03 bits per heavy atom. The maximum Gasteiger partial charge on any atom is 0.338 e. The van der Waals surface area contributed by atoms with E-state index in [9.17, 15) is 14.4 Å². The van der Waals surface area contributed by atoms with Gasteiger partial charge < -0.3 is 15.4 Å². The molecule has 3 aromatic rings. The summed E-state index contributed by atoms with van der Waals surface area (Å²) >= 11 is 0. The maximum atomic E-state index is 13.2. The average Bonchev–Trinajstić information content (AvgIpc) is 2.87. The van der Waals surface area contributed by atoms with Crippen LogP contribution in [0.4, 0.5) is 10.5 Å². The van der Waals surface area contributed by atoms with Crippen molar-refractivity contribution in [1.29, 1.82) is 0 Å². The van der Waals surface area contributed by atoms with Crippen molar-refractivity contribution in [1.82, 2.24) is 10.2 Å². The Kier molecular flexibility index (Phi) is 7.92. The number of esters is 1. The normalized spacial score (nSPS) is 15.6. The van der Waals surface area contributed by atoms with Crippen molar-refractivity contribution in [3.8, 4) is 0 Å². The fraction of sp³-hybridized carbons (Fsp3) is 0.300. The van der Waals surface area contributed by atoms with Gasteiger partial charge in [0.1, 0.15) is 0 Å². The van der Waals surface area contributed by atoms with Crippen LogP contribution in [0.15, 0.2) is 78.0 Å². The molecule has 3 aromatic carbocycles. The Morgan fingerprint density at radius 3 is 2.51 bits per heavy atom. The minimum absolute atomic E-state index is 0.243. The summed E-state index contributed by atoms with van der Waals surface area (Å²) in [5.74, 6) is -0.711. The molecular weight excluding hydrogens is 466 g/mol. The van der Waals surface area contributed by atoms with Crippen LogP contribution in [0.5, 0.6) is 0 Å². The molecular formula is C30H33N3O4. The highest BCUT2D eigenvalue weighted by Crippen LogP contribution is 2.33. The van der Waals surface area contributed by atoms with Gasteiger partial charge in [0.15, 0.2) is 0 Å². The first-order chi connectivity index (χ1) is 17.8. The molecule has 1 heterocycles. The van der Waals surface area contributed by atoms with E-state index in [1.165, 1.54) is 0 Å². The fourth-order valence-corrected chi connectivity index (χ4v) is 4.49. The van der Waals surface area contributed by atoms with Gasteiger partial charge in [0.25, 0.3) is 5.91 Å². The van der Waals surface area contributed by atoms with Gasteiger partial charge in [0.2, 0.25) is 0 Å². The Labute approximate surface area is 217 Å². The number of unbranched alkanes of at least 4 members (excludes halogenated alkanes) is 1. The van der Waals surface area contributed by atoms with Crippen LogP contribution in [-0.2, 0) is 9.53 Å². The smallest absolute Gasteiger partial charge is 0.338 e. The lowest BCUT2D eigenvalue weighted by Crippen LogP contribution is -2.48. The summed E-state index contributed by atoms with van der Waals surface area (Å²) in [7, 11) is 0. The lowest BCUT2D eigenvalue weighted by Gasteiger charge is -2.35. The second-order valence-corrected chi connectivity index (χ2v) is 9.48. The molecule has 2 N–H and O–H groups in total. The summed E-state index contributed by atoms with van der Waals surface area (Å²) < 4.78 is 5.54. The average molecular weight is 500 g/mol. The van der Waals surface area contributed by atoms with Gasteiger partial charge in [-0.15, -0.1) is 0 Å². The third-order valence-corrected chi connectivity index (χ3v) is 6.38. The number of nitrogens with one attached hydrogen (secondary N) is 2. The first-order valence-corrected chi connectivity index (χ1v) is 12.7. The Morgan fingerprint density at radius 2 is 1.78 bits per heavy atom. The van der Waals surface area contributed by atoms with E-state index >= 15 is 0 Å². The van der Waals surface area contributed by atoms with Crippen molar-refractivity contribution in [3.63, 3.8) is 0 Å². The zero-order valence-electron chi connectivity index (χ0n) is 21.7. The predicted molar refractivity (Wildman–Crippen MR) is 145 cm³/mol. The summed E-state index contributed by atoms with van der Waals surface area (Å²) in [4.78, 5) is 40.8. The minimum atomic E-state index is -0.700. The molecule has 0 spiro atoms. The third-order valence-electron chi connectivity index (χ3n) is 6.38. The number of amides is 3. The molecule has 1 aliphatic heterocycles. The van der Waals surface area contributed by atoms with Crippen LogP contribution in [0.1, 0.15) is 62.5 Å². The van der Waals surface area contributed by atoms with Gasteiger partial charge in [-0.3, -0.25) is 9.69 Å². The van der Waals surface area contributed by atoms with Crippen molar-refractivity contribution in [2.24, 2.45) is 0 Å². The number of allylic oxidation sites excluding steroid dienone is 1. The second-order valence-electron chi connectivity index (χ2n) is 9.48. The molecule has 0 saturated heterocycles. The summed E-state index contributed by atoms with van der Waals surface area (Å²) in [5.41, 5.74) is 2.75. The molecule has 4 rings (SSSR count). The van der Waals surface area contributed by atoms with Gasteiger partial charge in [-0.2, -0.15) is 0 Å². The number of carbonyl (C=O) groups is 3. The molecule has 1 aliphatic rings. The molecule has 7 nitrogen and oxygen atoms in total. The van der Waals surface area contributed by atoms with E-state index < -0.39 is 12.0 Å². The molecule has 3 amide bonds. The third kappa shape index (κ3) is 5.82. The van der Waals surface area contributed by atoms with E-state index in [0.717, 1.165) is 23.6 Å². The number of nitrogens with zero attached hydrogens (tertiary/aromatic N) is 1. The molecule has 1 unspecified atom stereocenters. The van der Waals surface area contributed by atoms with Gasteiger partial charge >= 0.3 is 12.0 Å². The molecule has 37 heavy (non-hydrogen) atoms. The quantitative estimate of drug-likeness (QED) is 0.362. The van der Waals surface area contributed by atoms with E-state index in [1.807, 2.05) is 42.5 Å². The second kappa shape index (κ2) is 11.3. The Bertz CT molecular complexity index is 1360. The summed E-state index contributed by atoms with van der Waals surface area (Å²) in [6, 6.07) is 19.6. The van der Waals surface area contributed by atoms with Crippen LogP contribution < -0.4 is 10.6 Å². The van der Waals surface area contributed by atoms with E-state index in [4.69, 9.17) is 4.74 Å². The molecule has 0 saturated carbocycles. The van der Waals surface area contributed by atoms with Crippen molar-refractivity contribution >= 4 is 34.4 Å². The Balaban J connectivity index is 1.63. The largest absolute Gasteiger partial charge is 0.459 e. The molecule has 192 valence electrons. The number of rotatable bonds is 8. The van der Waals surface area contributed by atoms with Crippen LogP contribution in [0.3, 0.4) is 0 Å². The number of ether oxygens (including phenoxy) is 1. The highest BCUT2D eigenvalue weighted by Gasteiger charge is 2.36. The van der Waals surface area contributed by atoms with E-state index in [1.54, 1.807) is 49.9 Å². The van der Waals surface area contributed by atoms with Crippen molar-refractivity contribution in [2.75, 3.05) is 11.9 Å². The van der Waals surface area contributed by atoms with Crippen LogP contribution in [0.25, 0.3) is 10.8 Å². The van der Waals surface area contributed by atoms with Gasteiger partial charge in [-0.25, -0.2) is 9.59 Å². The number of benzene rings is 3. The number of urea groups is 1. The predicted octanol–water partition coefficient (Wildman–Crippen LogP) is 6.18. The molecule has 0 fully saturated rings. The highest BCUT2D eigenvalue weighted by atomic mass is 16.5. The fourth-order valence-electron chi connectivity index (χ4n) is 4.49. The van der Waals surface area contributed by atoms with Crippen molar-refractivity contribution < 1.29 is 19.1 Å². The van der Waals surface area contributed by atoms with E-state index in [2.05, 4.69) is 17.6 Å². The Hall–Kier alpha value is -4.13. The lowest BCUT2D eigenvalue weighted by molar-refractivity contribution is -0.143. The van der Waals surface area contributed by atoms with Gasteiger partial charge in [-0.1, -0.05) is 55.8 Å². The van der Waals surface area contributed by atoms with Crippen LogP contribution in [-0.4, -0.2) is 35.5 Å². The maximum absolute atomic E-state index is 13.2. The number of fused-ring (bicyclic) bond motifs is 1. The van der Waals surface area contributed by atoms with Gasteiger partial charge in [-0.05, 0) is 67.8 Å². The standard InChI is InChI=1S/C30H33N3O4/c1-5-6-16-33-20(4)26(29(35)37-19(2)3)27(32-30(33)36)23-12-9-13-25(18-23)31-28(34)24-15-14-21-10-7-8-11-22(21)17-24/h7-15,17-19,27H,5-6,16H2,1-4H3,(H,31,34)(H,32,36). The van der Waals surface area contributed by atoms with Crippen LogP contribution in [0, 0.1) is 0 Å². The molecule has 0 aliphatic carbocycles. The zero-order chi connectivity index (χ0) is 26.5. The number of anilines is 1. The van der Waals surface area contributed by atoms with Gasteiger partial charge in [0.05, 0.1) is 17.7 Å². The first-order valence-electron chi connectivity index (χ1n) is 12.7. The lowest BCUT2D eigenvalue weighted by atomic mass is 9.94. The molecule has 0 aromatic heterocycles. The first kappa shape index (κ1) is 25.9. The van der Waals surface area contributed by atoms with Crippen molar-refractivity contribution in [2.45, 2.75) is 52.7 Å². The summed E-state index contributed by atoms with van der Waals surface area (Å²) in [6.45, 7) is 7.93. The zero-order valence-corrected chi connectivity index (χ0v) is 21.7. The highest BCUT2D eigenvalue weighted by molar-refractivity contribution is 6.06. The van der Waals surface area contributed by atoms with Crippen LogP contribution in [0.2, 0.25) is 0 Å². The summed E-state index contributed by atoms with van der Waals surface area (Å²) in [5, 5.41) is 7.96. The number of hydrogen-bond donors (Lipinski definition) is 2. The molecule has 0 radical (unpaired) electrons. The van der Waals surface area contributed by atoms with E-state index in [0.29, 0.717) is 34.6 Å². The molecule has 0 bridgehead atoms. The minimum Gasteiger partial charge on any atom is -0.459 e. The van der Waals surface area contributed by atoms with Gasteiger partial charge in [0, 0.05) is 23.5 Å². The molecule has 1 atom stereocenters. The summed E-state index contributed by atoms with van der Waals surface area (Å²) in [6.07, 6.45) is 1.44. The number of hydrogen-bond acceptors (Lipinski definition) is 4. The molecule has 7 heteroatoms. The van der Waals surface area contributed by atoms with Crippen LogP contribution >= 0.6 is 0 Å². The van der Waals surface area contributed by atoms with E-state index in [-0.39, 0.29) is 18.0 Å². The van der Waals surface area contributed by atoms with Crippen molar-refractivity contribution in [3.05, 3.63) is 89.1 Å². The number of carbonyl (C=O) groups excluding carboxylic acids is 3. The topological polar surface area (TPSA) is 87.7 Å².